The minimum Gasteiger partial charge on any atom is -0.477 e. The first-order valence-corrected chi connectivity index (χ1v) is 11.2. The maximum atomic E-state index is 11.6. The van der Waals surface area contributed by atoms with Crippen molar-refractivity contribution in [1.29, 1.82) is 0 Å². The van der Waals surface area contributed by atoms with E-state index in [4.69, 9.17) is 22.6 Å². The van der Waals surface area contributed by atoms with Gasteiger partial charge in [-0.05, 0) is 34.9 Å². The number of carbonyl (C=O) groups excluding carboxylic acids is 1. The van der Waals surface area contributed by atoms with Crippen LogP contribution >= 0.6 is 11.8 Å². The molecule has 0 radical (unpaired) electrons. The molecule has 0 atom stereocenters. The number of imidazole rings is 1. The molecule has 1 aliphatic heterocycles. The number of benzene rings is 1. The van der Waals surface area contributed by atoms with E-state index in [1.165, 1.54) is 11.8 Å². The molecule has 4 aromatic rings. The molecule has 0 amide bonds. The molecule has 2 aromatic carbocycles. The Morgan fingerprint density at radius 1 is 1.22 bits per heavy atom. The minimum absolute atomic E-state index is 0.0373. The van der Waals surface area contributed by atoms with E-state index in [0.29, 0.717) is 25.3 Å². The van der Waals surface area contributed by atoms with Gasteiger partial charge in [-0.25, -0.2) is 28.6 Å². The summed E-state index contributed by atoms with van der Waals surface area (Å²) in [5.74, 6) is -2.12. The molecule has 3 heterocycles. The van der Waals surface area contributed by atoms with Crippen LogP contribution < -0.4 is 32.0 Å². The Balaban J connectivity index is 0.000000176. The first-order chi connectivity index (χ1) is 17.7. The van der Waals surface area contributed by atoms with E-state index >= 15 is 0 Å². The van der Waals surface area contributed by atoms with Crippen molar-refractivity contribution in [2.45, 2.75) is 19.5 Å². The van der Waals surface area contributed by atoms with Crippen LogP contribution in [-0.2, 0) is 24.2 Å². The van der Waals surface area contributed by atoms with Crippen LogP contribution in [0.4, 0.5) is 11.4 Å². The molecule has 192 valence electrons. The van der Waals surface area contributed by atoms with Gasteiger partial charge in [0.1, 0.15) is 17.1 Å². The number of anilines is 2. The van der Waals surface area contributed by atoms with Crippen molar-refractivity contribution in [2.75, 3.05) is 24.3 Å². The second-order valence-electron chi connectivity index (χ2n) is 8.12. The molecule has 0 unspecified atom stereocenters. The number of carbonyl (C=O) groups is 2. The molecular weight excluding hydrogens is 508 g/mol. The van der Waals surface area contributed by atoms with Crippen LogP contribution in [0, 0.1) is 0 Å². The van der Waals surface area contributed by atoms with Gasteiger partial charge in [0.25, 0.3) is 10.9 Å². The SMILES string of the molecule is COC(=O)c1cc(C(=O)O)nc2c[nH]c(=O)n12.Nc1c(N2CCc3ccc(CNCl)cc3C2)c(=O)c1=O. The van der Waals surface area contributed by atoms with Gasteiger partial charge in [0.05, 0.1) is 7.11 Å². The number of ether oxygens (including phenoxy) is 1. The highest BCUT2D eigenvalue weighted by atomic mass is 35.5. The average molecular weight is 529 g/mol. The fourth-order valence-corrected chi connectivity index (χ4v) is 4.24. The number of halogens is 1. The van der Waals surface area contributed by atoms with E-state index in [2.05, 4.69) is 31.7 Å². The summed E-state index contributed by atoms with van der Waals surface area (Å²) >= 11 is 5.52. The van der Waals surface area contributed by atoms with Gasteiger partial charge in [0.15, 0.2) is 11.3 Å². The Morgan fingerprint density at radius 2 is 1.97 bits per heavy atom. The molecule has 0 fully saturated rings. The van der Waals surface area contributed by atoms with Gasteiger partial charge in [-0.2, -0.15) is 0 Å². The smallest absolute Gasteiger partial charge is 0.355 e. The van der Waals surface area contributed by atoms with E-state index in [1.54, 1.807) is 0 Å². The zero-order valence-corrected chi connectivity index (χ0v) is 20.2. The molecule has 37 heavy (non-hydrogen) atoms. The second-order valence-corrected chi connectivity index (χ2v) is 8.38. The first-order valence-electron chi connectivity index (χ1n) is 10.9. The summed E-state index contributed by atoms with van der Waals surface area (Å²) in [4.78, 5) is 67.0. The summed E-state index contributed by atoms with van der Waals surface area (Å²) in [6.07, 6.45) is 2.05. The lowest BCUT2D eigenvalue weighted by molar-refractivity contribution is 0.0591. The van der Waals surface area contributed by atoms with Crippen molar-refractivity contribution in [3.8, 4) is 0 Å². The molecule has 5 N–H and O–H groups in total. The van der Waals surface area contributed by atoms with Gasteiger partial charge in [-0.15, -0.1) is 0 Å². The van der Waals surface area contributed by atoms with Crippen LogP contribution in [0.25, 0.3) is 5.65 Å². The highest BCUT2D eigenvalue weighted by Gasteiger charge is 2.26. The summed E-state index contributed by atoms with van der Waals surface area (Å²) in [7, 11) is 1.13. The molecule has 2 aromatic heterocycles. The lowest BCUT2D eigenvalue weighted by Gasteiger charge is -2.31. The van der Waals surface area contributed by atoms with Gasteiger partial charge < -0.3 is 25.5 Å². The number of carboxylic acid groups (broad SMARTS) is 1. The zero-order valence-electron chi connectivity index (χ0n) is 19.4. The average Bonchev–Trinajstić information content (AvgIpc) is 3.28. The van der Waals surface area contributed by atoms with Crippen molar-refractivity contribution in [3.05, 3.63) is 89.5 Å². The van der Waals surface area contributed by atoms with Crippen molar-refractivity contribution in [3.63, 3.8) is 0 Å². The van der Waals surface area contributed by atoms with E-state index in [0.717, 1.165) is 35.1 Å². The Morgan fingerprint density at radius 3 is 2.62 bits per heavy atom. The number of aromatic carboxylic acids is 1. The number of aromatic amines is 1. The summed E-state index contributed by atoms with van der Waals surface area (Å²) in [6, 6.07) is 7.17. The summed E-state index contributed by atoms with van der Waals surface area (Å²) in [5.41, 5.74) is 7.46. The molecule has 0 bridgehead atoms. The molecule has 14 heteroatoms. The van der Waals surface area contributed by atoms with Crippen LogP contribution in [0.3, 0.4) is 0 Å². The van der Waals surface area contributed by atoms with Crippen LogP contribution in [0.2, 0.25) is 0 Å². The fraction of sp³-hybridized carbons (Fsp3) is 0.217. The number of nitrogens with zero attached hydrogens (tertiary/aromatic N) is 3. The number of nitrogens with two attached hydrogens (primary N) is 1. The number of hydrogen-bond donors (Lipinski definition) is 4. The standard InChI is InChI=1S/C14H14ClN3O2.C9H7N3O5/c15-17-6-8-1-2-9-3-4-18(7-10(9)5-8)12-11(16)13(19)14(12)20;1-17-8(15)5-2-4(7(13)14)11-6-3-10-9(16)12(5)6/h1-2,5,17H,3-4,6-7,16H2;2-3H,1H3,(H,10,16)(H,13,14). The largest absolute Gasteiger partial charge is 0.477 e. The number of nitrogens with one attached hydrogen (secondary N) is 2. The number of fused-ring (bicyclic) bond motifs is 2. The molecule has 5 rings (SSSR count). The summed E-state index contributed by atoms with van der Waals surface area (Å²) in [6.45, 7) is 1.88. The topological polar surface area (TPSA) is 189 Å². The van der Waals surface area contributed by atoms with Crippen LogP contribution in [0.15, 0.2) is 44.8 Å². The molecule has 1 aliphatic rings. The maximum Gasteiger partial charge on any atom is 0.355 e. The third-order valence-electron chi connectivity index (χ3n) is 5.91. The number of esters is 1. The van der Waals surface area contributed by atoms with Gasteiger partial charge in [-0.1, -0.05) is 18.2 Å². The van der Waals surface area contributed by atoms with Gasteiger partial charge >= 0.3 is 17.6 Å². The second kappa shape index (κ2) is 10.2. The number of hydrogen-bond acceptors (Lipinski definition) is 10. The molecule has 0 spiro atoms. The van der Waals surface area contributed by atoms with Crippen molar-refractivity contribution in [2.24, 2.45) is 0 Å². The monoisotopic (exact) mass is 528 g/mol. The molecule has 13 nitrogen and oxygen atoms in total. The zero-order chi connectivity index (χ0) is 26.9. The van der Waals surface area contributed by atoms with Crippen LogP contribution in [0.5, 0.6) is 0 Å². The number of methoxy groups -OCH3 is 1. The van der Waals surface area contributed by atoms with Crippen LogP contribution in [-0.4, -0.2) is 45.1 Å². The molecule has 0 saturated carbocycles. The number of rotatable bonds is 5. The maximum absolute atomic E-state index is 11.6. The molecular formula is C23H21ClN6O7. The fourth-order valence-electron chi connectivity index (χ4n) is 4.09. The first kappa shape index (κ1) is 25.6. The Kier molecular flexibility index (Phi) is 7.09. The Labute approximate surface area is 212 Å². The van der Waals surface area contributed by atoms with E-state index in [1.807, 2.05) is 11.0 Å². The van der Waals surface area contributed by atoms with E-state index in [9.17, 15) is 24.0 Å². The van der Waals surface area contributed by atoms with Crippen molar-refractivity contribution >= 4 is 40.7 Å². The van der Waals surface area contributed by atoms with Gasteiger partial charge in [-0.3, -0.25) is 9.59 Å². The van der Waals surface area contributed by atoms with E-state index < -0.39 is 28.5 Å². The third kappa shape index (κ3) is 4.81. The van der Waals surface area contributed by atoms with Gasteiger partial charge in [0.2, 0.25) is 0 Å². The number of carboxylic acids is 1. The lowest BCUT2D eigenvalue weighted by atomic mass is 9.96. The molecule has 0 saturated heterocycles. The summed E-state index contributed by atoms with van der Waals surface area (Å²) in [5, 5.41) is 8.82. The number of nitrogen functional groups attached to an aromatic ring is 1. The number of H-pyrrole nitrogens is 1. The minimum atomic E-state index is -1.30. The predicted octanol–water partition coefficient (Wildman–Crippen LogP) is 0.178. The normalized spacial score (nSPS) is 12.6. The van der Waals surface area contributed by atoms with Crippen molar-refractivity contribution in [1.82, 2.24) is 19.2 Å². The van der Waals surface area contributed by atoms with E-state index in [-0.39, 0.29) is 22.7 Å². The Hall–Kier alpha value is -4.49. The predicted molar refractivity (Wildman–Crippen MR) is 134 cm³/mol. The highest BCUT2D eigenvalue weighted by Crippen LogP contribution is 2.26. The lowest BCUT2D eigenvalue weighted by Crippen LogP contribution is -2.44. The highest BCUT2D eigenvalue weighted by molar-refractivity contribution is 6.13. The summed E-state index contributed by atoms with van der Waals surface area (Å²) < 4.78 is 5.41. The van der Waals surface area contributed by atoms with Crippen molar-refractivity contribution < 1.29 is 19.4 Å². The number of aromatic nitrogens is 3. The third-order valence-corrected chi connectivity index (χ3v) is 6.04. The Bertz CT molecular complexity index is 1650. The van der Waals surface area contributed by atoms with Crippen LogP contribution in [0.1, 0.15) is 37.7 Å². The quantitative estimate of drug-likeness (QED) is 0.157. The molecule has 0 aliphatic carbocycles. The van der Waals surface area contributed by atoms with Gasteiger partial charge in [0, 0.05) is 31.9 Å².